The molecule has 1 aliphatic heterocycles. The van der Waals surface area contributed by atoms with E-state index < -0.39 is 0 Å². The summed E-state index contributed by atoms with van der Waals surface area (Å²) < 4.78 is 0. The largest absolute Gasteiger partial charge is 0.352 e. The van der Waals surface area contributed by atoms with Crippen molar-refractivity contribution in [2.75, 3.05) is 51.1 Å². The number of thiophene rings is 1. The van der Waals surface area contributed by atoms with Crippen LogP contribution in [0.3, 0.4) is 0 Å². The highest BCUT2D eigenvalue weighted by atomic mass is 32.1. The summed E-state index contributed by atoms with van der Waals surface area (Å²) in [5.74, 6) is -0.265. The quantitative estimate of drug-likeness (QED) is 0.669. The molecule has 1 aromatic carbocycles. The van der Waals surface area contributed by atoms with Gasteiger partial charge >= 0.3 is 0 Å². The molecule has 28 heavy (non-hydrogen) atoms. The number of carbonyl (C=O) groups excluding carboxylic acids is 2. The average molecular weight is 401 g/mol. The molecule has 1 aliphatic rings. The predicted octanol–water partition coefficient (Wildman–Crippen LogP) is 2.76. The summed E-state index contributed by atoms with van der Waals surface area (Å²) in [7, 11) is 0. The SMILES string of the molecule is CCN1CCN(CCCNC(=O)c2cccc(NC(=O)c3cccs3)c2)CC1. The highest BCUT2D eigenvalue weighted by Gasteiger charge is 2.15. The summed E-state index contributed by atoms with van der Waals surface area (Å²) in [6.45, 7) is 9.46. The molecule has 0 aliphatic carbocycles. The van der Waals surface area contributed by atoms with Crippen LogP contribution < -0.4 is 10.6 Å². The maximum absolute atomic E-state index is 12.4. The number of benzene rings is 1. The maximum Gasteiger partial charge on any atom is 0.265 e. The van der Waals surface area contributed by atoms with Crippen molar-refractivity contribution in [1.29, 1.82) is 0 Å². The van der Waals surface area contributed by atoms with Crippen molar-refractivity contribution in [2.45, 2.75) is 13.3 Å². The van der Waals surface area contributed by atoms with E-state index in [1.807, 2.05) is 11.4 Å². The fraction of sp³-hybridized carbons (Fsp3) is 0.429. The lowest BCUT2D eigenvalue weighted by atomic mass is 10.2. The lowest BCUT2D eigenvalue weighted by molar-refractivity contribution is 0.0947. The van der Waals surface area contributed by atoms with Gasteiger partial charge in [-0.3, -0.25) is 9.59 Å². The summed E-state index contributed by atoms with van der Waals surface area (Å²) in [5.41, 5.74) is 1.18. The molecule has 0 atom stereocenters. The predicted molar refractivity (Wildman–Crippen MR) is 114 cm³/mol. The van der Waals surface area contributed by atoms with E-state index in [9.17, 15) is 9.59 Å². The third-order valence-corrected chi connectivity index (χ3v) is 5.85. The van der Waals surface area contributed by atoms with Crippen molar-refractivity contribution >= 4 is 28.8 Å². The minimum Gasteiger partial charge on any atom is -0.352 e. The summed E-state index contributed by atoms with van der Waals surface area (Å²) >= 11 is 1.39. The number of carbonyl (C=O) groups is 2. The first-order chi connectivity index (χ1) is 13.7. The van der Waals surface area contributed by atoms with Crippen molar-refractivity contribution in [3.8, 4) is 0 Å². The van der Waals surface area contributed by atoms with Crippen LogP contribution in [-0.4, -0.2) is 67.4 Å². The topological polar surface area (TPSA) is 64.7 Å². The molecule has 0 unspecified atom stereocenters. The summed E-state index contributed by atoms with van der Waals surface area (Å²) in [5, 5.41) is 7.68. The molecule has 1 fully saturated rings. The van der Waals surface area contributed by atoms with Crippen LogP contribution in [0.1, 0.15) is 33.4 Å². The number of hydrogen-bond donors (Lipinski definition) is 2. The number of anilines is 1. The van der Waals surface area contributed by atoms with E-state index >= 15 is 0 Å². The lowest BCUT2D eigenvalue weighted by Gasteiger charge is -2.33. The Bertz CT molecular complexity index is 770. The third-order valence-electron chi connectivity index (χ3n) is 4.98. The van der Waals surface area contributed by atoms with Gasteiger partial charge in [0.1, 0.15) is 0 Å². The van der Waals surface area contributed by atoms with E-state index in [4.69, 9.17) is 0 Å². The van der Waals surface area contributed by atoms with Crippen molar-refractivity contribution in [3.05, 3.63) is 52.2 Å². The van der Waals surface area contributed by atoms with Gasteiger partial charge in [0.15, 0.2) is 0 Å². The number of amides is 2. The minimum absolute atomic E-state index is 0.108. The highest BCUT2D eigenvalue weighted by molar-refractivity contribution is 7.12. The maximum atomic E-state index is 12.4. The first-order valence-corrected chi connectivity index (χ1v) is 10.7. The van der Waals surface area contributed by atoms with Gasteiger partial charge in [-0.15, -0.1) is 11.3 Å². The van der Waals surface area contributed by atoms with Crippen LogP contribution in [0.5, 0.6) is 0 Å². The molecular formula is C21H28N4O2S. The number of rotatable bonds is 8. The minimum atomic E-state index is -0.157. The number of nitrogens with one attached hydrogen (secondary N) is 2. The fourth-order valence-electron chi connectivity index (χ4n) is 3.27. The number of nitrogens with zero attached hydrogens (tertiary/aromatic N) is 2. The Balaban J connectivity index is 1.41. The third kappa shape index (κ3) is 5.89. The molecule has 0 spiro atoms. The Morgan fingerprint density at radius 1 is 1.04 bits per heavy atom. The summed E-state index contributed by atoms with van der Waals surface area (Å²) in [4.78, 5) is 30.1. The molecule has 2 aromatic rings. The van der Waals surface area contributed by atoms with E-state index in [0.717, 1.165) is 45.7 Å². The van der Waals surface area contributed by atoms with Crippen LogP contribution in [0.25, 0.3) is 0 Å². The number of hydrogen-bond acceptors (Lipinski definition) is 5. The van der Waals surface area contributed by atoms with Gasteiger partial charge in [0.05, 0.1) is 4.88 Å². The lowest BCUT2D eigenvalue weighted by Crippen LogP contribution is -2.46. The molecule has 150 valence electrons. The van der Waals surface area contributed by atoms with E-state index in [0.29, 0.717) is 22.7 Å². The van der Waals surface area contributed by atoms with Crippen molar-refractivity contribution < 1.29 is 9.59 Å². The molecule has 2 heterocycles. The molecule has 6 nitrogen and oxygen atoms in total. The van der Waals surface area contributed by atoms with E-state index in [1.54, 1.807) is 30.3 Å². The molecule has 7 heteroatoms. The molecule has 0 saturated carbocycles. The average Bonchev–Trinajstić information content (AvgIpc) is 3.27. The van der Waals surface area contributed by atoms with Gasteiger partial charge in [0.2, 0.25) is 0 Å². The molecule has 0 bridgehead atoms. The molecule has 1 saturated heterocycles. The molecule has 0 radical (unpaired) electrons. The van der Waals surface area contributed by atoms with Gasteiger partial charge < -0.3 is 20.4 Å². The van der Waals surface area contributed by atoms with Crippen LogP contribution in [0, 0.1) is 0 Å². The summed E-state index contributed by atoms with van der Waals surface area (Å²) in [6, 6.07) is 10.7. The van der Waals surface area contributed by atoms with Crippen LogP contribution >= 0.6 is 11.3 Å². The van der Waals surface area contributed by atoms with Crippen molar-refractivity contribution in [3.63, 3.8) is 0 Å². The molecule has 2 N–H and O–H groups in total. The number of likely N-dealkylation sites (N-methyl/N-ethyl adjacent to an activating group) is 1. The van der Waals surface area contributed by atoms with E-state index in [1.165, 1.54) is 11.3 Å². The van der Waals surface area contributed by atoms with Crippen LogP contribution in [0.4, 0.5) is 5.69 Å². The Labute approximate surface area is 170 Å². The van der Waals surface area contributed by atoms with Gasteiger partial charge in [-0.1, -0.05) is 19.1 Å². The first kappa shape index (κ1) is 20.5. The Morgan fingerprint density at radius 2 is 1.82 bits per heavy atom. The summed E-state index contributed by atoms with van der Waals surface area (Å²) in [6.07, 6.45) is 0.937. The molecule has 1 aromatic heterocycles. The molecular weight excluding hydrogens is 372 g/mol. The van der Waals surface area contributed by atoms with E-state index in [-0.39, 0.29) is 11.8 Å². The zero-order chi connectivity index (χ0) is 19.8. The second-order valence-electron chi connectivity index (χ2n) is 6.90. The van der Waals surface area contributed by atoms with Gasteiger partial charge in [0.25, 0.3) is 11.8 Å². The van der Waals surface area contributed by atoms with Crippen LogP contribution in [0.2, 0.25) is 0 Å². The first-order valence-electron chi connectivity index (χ1n) is 9.83. The smallest absolute Gasteiger partial charge is 0.265 e. The highest BCUT2D eigenvalue weighted by Crippen LogP contribution is 2.15. The van der Waals surface area contributed by atoms with Gasteiger partial charge in [-0.05, 0) is 49.2 Å². The van der Waals surface area contributed by atoms with Crippen LogP contribution in [0.15, 0.2) is 41.8 Å². The van der Waals surface area contributed by atoms with Crippen molar-refractivity contribution in [1.82, 2.24) is 15.1 Å². The Morgan fingerprint density at radius 3 is 2.54 bits per heavy atom. The Hall–Kier alpha value is -2.22. The van der Waals surface area contributed by atoms with Gasteiger partial charge in [-0.25, -0.2) is 0 Å². The van der Waals surface area contributed by atoms with Gasteiger partial charge in [-0.2, -0.15) is 0 Å². The van der Waals surface area contributed by atoms with Gasteiger partial charge in [0, 0.05) is 44.0 Å². The van der Waals surface area contributed by atoms with E-state index in [2.05, 4.69) is 27.4 Å². The van der Waals surface area contributed by atoms with Crippen LogP contribution in [-0.2, 0) is 0 Å². The second kappa shape index (κ2) is 10.4. The zero-order valence-corrected chi connectivity index (χ0v) is 17.1. The monoisotopic (exact) mass is 400 g/mol. The van der Waals surface area contributed by atoms with Crippen molar-refractivity contribution in [2.24, 2.45) is 0 Å². The molecule has 3 rings (SSSR count). The Kier molecular flexibility index (Phi) is 7.59. The normalized spacial score (nSPS) is 15.3. The standard InChI is InChI=1S/C21H28N4O2S/c1-2-24-11-13-25(14-12-24)10-5-9-22-20(26)17-6-3-7-18(16-17)23-21(27)19-8-4-15-28-19/h3-4,6-8,15-16H,2,5,9-14H2,1H3,(H,22,26)(H,23,27). The molecule has 2 amide bonds. The fourth-order valence-corrected chi connectivity index (χ4v) is 3.89. The number of piperazine rings is 1. The second-order valence-corrected chi connectivity index (χ2v) is 7.85. The zero-order valence-electron chi connectivity index (χ0n) is 16.3.